The van der Waals surface area contributed by atoms with Crippen LogP contribution in [0.25, 0.3) is 0 Å². The fourth-order valence-electron chi connectivity index (χ4n) is 3.07. The molecule has 3 rings (SSSR count). The second-order valence-corrected chi connectivity index (χ2v) is 6.19. The predicted molar refractivity (Wildman–Crippen MR) is 80.8 cm³/mol. The van der Waals surface area contributed by atoms with Crippen LogP contribution in [0, 0.1) is 6.92 Å². The molecule has 3 heterocycles. The van der Waals surface area contributed by atoms with Gasteiger partial charge in [-0.1, -0.05) is 5.16 Å². The molecule has 0 bridgehead atoms. The van der Waals surface area contributed by atoms with Crippen molar-refractivity contribution in [2.24, 2.45) is 0 Å². The third kappa shape index (κ3) is 3.41. The van der Waals surface area contributed by atoms with Gasteiger partial charge in [0.15, 0.2) is 5.82 Å². The largest absolute Gasteiger partial charge is 0.380 e. The second kappa shape index (κ2) is 6.86. The SMILES string of the molecule is CO[C@H]1C[C@H](C(=O)N2CC(OCc3nc(C)no3)C2)N(C(C)=O)C1. The predicted octanol–water partition coefficient (Wildman–Crippen LogP) is -0.259. The fraction of sp³-hybridized carbons (Fsp3) is 0.733. The van der Waals surface area contributed by atoms with E-state index in [1.54, 1.807) is 23.8 Å². The van der Waals surface area contributed by atoms with Gasteiger partial charge in [-0.3, -0.25) is 9.59 Å². The number of aryl methyl sites for hydroxylation is 1. The van der Waals surface area contributed by atoms with E-state index in [9.17, 15) is 9.59 Å². The molecule has 0 aliphatic carbocycles. The molecule has 9 heteroatoms. The molecular weight excluding hydrogens is 316 g/mol. The standard InChI is InChI=1S/C15H22N4O5/c1-9-16-14(24-17-9)8-23-12-5-18(6-12)15(21)13-4-11(22-3)7-19(13)10(2)20/h11-13H,4-8H2,1-3H3/t11-,13+/m0/s1. The van der Waals surface area contributed by atoms with Crippen molar-refractivity contribution in [3.63, 3.8) is 0 Å². The summed E-state index contributed by atoms with van der Waals surface area (Å²) in [5.41, 5.74) is 0. The Hall–Kier alpha value is -2.00. The molecule has 9 nitrogen and oxygen atoms in total. The highest BCUT2D eigenvalue weighted by atomic mass is 16.5. The summed E-state index contributed by atoms with van der Waals surface area (Å²) >= 11 is 0. The van der Waals surface area contributed by atoms with Crippen molar-refractivity contribution in [2.75, 3.05) is 26.7 Å². The van der Waals surface area contributed by atoms with Crippen LogP contribution in [0.4, 0.5) is 0 Å². The van der Waals surface area contributed by atoms with Crippen LogP contribution < -0.4 is 0 Å². The molecule has 2 amide bonds. The molecular formula is C15H22N4O5. The highest BCUT2D eigenvalue weighted by Gasteiger charge is 2.43. The number of nitrogens with zero attached hydrogens (tertiary/aromatic N) is 4. The van der Waals surface area contributed by atoms with E-state index in [0.717, 1.165) is 0 Å². The van der Waals surface area contributed by atoms with E-state index in [1.807, 2.05) is 0 Å². The molecule has 2 saturated heterocycles. The molecule has 24 heavy (non-hydrogen) atoms. The van der Waals surface area contributed by atoms with Crippen molar-refractivity contribution in [1.82, 2.24) is 19.9 Å². The molecule has 2 aliphatic rings. The Balaban J connectivity index is 1.48. The third-order valence-corrected chi connectivity index (χ3v) is 4.46. The summed E-state index contributed by atoms with van der Waals surface area (Å²) < 4.78 is 15.9. The Morgan fingerprint density at radius 2 is 2.04 bits per heavy atom. The van der Waals surface area contributed by atoms with E-state index >= 15 is 0 Å². The Bertz CT molecular complexity index is 613. The van der Waals surface area contributed by atoms with Crippen LogP contribution in [0.3, 0.4) is 0 Å². The van der Waals surface area contributed by atoms with Gasteiger partial charge in [-0.05, 0) is 6.92 Å². The zero-order valence-corrected chi connectivity index (χ0v) is 14.1. The van der Waals surface area contributed by atoms with Gasteiger partial charge in [-0.15, -0.1) is 0 Å². The molecule has 0 spiro atoms. The van der Waals surface area contributed by atoms with Gasteiger partial charge in [0.25, 0.3) is 5.89 Å². The molecule has 132 valence electrons. The average Bonchev–Trinajstić information content (AvgIpc) is 3.11. The topological polar surface area (TPSA) is 98.0 Å². The maximum atomic E-state index is 12.6. The lowest BCUT2D eigenvalue weighted by molar-refractivity contribution is -0.154. The monoisotopic (exact) mass is 338 g/mol. The molecule has 0 unspecified atom stereocenters. The van der Waals surface area contributed by atoms with E-state index in [0.29, 0.717) is 37.8 Å². The molecule has 0 saturated carbocycles. The van der Waals surface area contributed by atoms with Gasteiger partial charge in [-0.25, -0.2) is 0 Å². The van der Waals surface area contributed by atoms with Crippen LogP contribution in [-0.4, -0.2) is 76.7 Å². The van der Waals surface area contributed by atoms with Crippen LogP contribution in [0.15, 0.2) is 4.52 Å². The van der Waals surface area contributed by atoms with Crippen molar-refractivity contribution >= 4 is 11.8 Å². The first kappa shape index (κ1) is 16.8. The van der Waals surface area contributed by atoms with Gasteiger partial charge in [0.2, 0.25) is 11.8 Å². The zero-order valence-electron chi connectivity index (χ0n) is 14.1. The van der Waals surface area contributed by atoms with E-state index < -0.39 is 6.04 Å². The van der Waals surface area contributed by atoms with E-state index in [2.05, 4.69) is 10.1 Å². The van der Waals surface area contributed by atoms with Gasteiger partial charge in [0.05, 0.1) is 12.2 Å². The molecule has 1 aromatic rings. The summed E-state index contributed by atoms with van der Waals surface area (Å²) in [4.78, 5) is 31.7. The van der Waals surface area contributed by atoms with Crippen molar-refractivity contribution in [2.45, 2.75) is 45.1 Å². The number of likely N-dealkylation sites (tertiary alicyclic amines) is 2. The minimum atomic E-state index is -0.438. The van der Waals surface area contributed by atoms with Crippen LogP contribution >= 0.6 is 0 Å². The normalized spacial score (nSPS) is 24.3. The quantitative estimate of drug-likeness (QED) is 0.729. The Labute approximate surface area is 139 Å². The molecule has 2 aliphatic heterocycles. The number of hydrogen-bond donors (Lipinski definition) is 0. The maximum Gasteiger partial charge on any atom is 0.252 e. The van der Waals surface area contributed by atoms with Crippen LogP contribution in [0.2, 0.25) is 0 Å². The minimum Gasteiger partial charge on any atom is -0.380 e. The van der Waals surface area contributed by atoms with Crippen molar-refractivity contribution < 1.29 is 23.6 Å². The first-order valence-electron chi connectivity index (χ1n) is 7.97. The van der Waals surface area contributed by atoms with Crippen molar-refractivity contribution in [3.05, 3.63) is 11.7 Å². The number of ether oxygens (including phenoxy) is 2. The lowest BCUT2D eigenvalue weighted by atomic mass is 10.1. The summed E-state index contributed by atoms with van der Waals surface area (Å²) in [6, 6.07) is -0.438. The number of carbonyl (C=O) groups is 2. The summed E-state index contributed by atoms with van der Waals surface area (Å²) in [5.74, 6) is 0.849. The number of amides is 2. The smallest absolute Gasteiger partial charge is 0.252 e. The Morgan fingerprint density at radius 1 is 1.29 bits per heavy atom. The third-order valence-electron chi connectivity index (χ3n) is 4.46. The first-order chi connectivity index (χ1) is 11.5. The fourth-order valence-corrected chi connectivity index (χ4v) is 3.07. The van der Waals surface area contributed by atoms with E-state index in [4.69, 9.17) is 14.0 Å². The van der Waals surface area contributed by atoms with Crippen molar-refractivity contribution in [3.8, 4) is 0 Å². The minimum absolute atomic E-state index is 0.0433. The molecule has 0 radical (unpaired) electrons. The lowest BCUT2D eigenvalue weighted by Crippen LogP contribution is -2.59. The first-order valence-corrected chi connectivity index (χ1v) is 7.97. The highest BCUT2D eigenvalue weighted by Crippen LogP contribution is 2.24. The number of aromatic nitrogens is 2. The summed E-state index contributed by atoms with van der Waals surface area (Å²) in [6.45, 7) is 4.94. The maximum absolute atomic E-state index is 12.6. The van der Waals surface area contributed by atoms with Gasteiger partial charge in [-0.2, -0.15) is 4.98 Å². The van der Waals surface area contributed by atoms with Crippen LogP contribution in [0.1, 0.15) is 25.1 Å². The molecule has 0 aromatic carbocycles. The highest BCUT2D eigenvalue weighted by molar-refractivity contribution is 5.88. The number of methoxy groups -OCH3 is 1. The second-order valence-electron chi connectivity index (χ2n) is 6.19. The zero-order chi connectivity index (χ0) is 17.3. The van der Waals surface area contributed by atoms with Crippen LogP contribution in [-0.2, 0) is 25.7 Å². The molecule has 2 atom stereocenters. The van der Waals surface area contributed by atoms with E-state index in [1.165, 1.54) is 6.92 Å². The molecule has 2 fully saturated rings. The Kier molecular flexibility index (Phi) is 4.81. The van der Waals surface area contributed by atoms with Crippen LogP contribution in [0.5, 0.6) is 0 Å². The van der Waals surface area contributed by atoms with Gasteiger partial charge >= 0.3 is 0 Å². The van der Waals surface area contributed by atoms with Gasteiger partial charge in [0.1, 0.15) is 12.6 Å². The summed E-state index contributed by atoms with van der Waals surface area (Å²) in [6.07, 6.45) is 0.404. The summed E-state index contributed by atoms with van der Waals surface area (Å²) in [7, 11) is 1.60. The van der Waals surface area contributed by atoms with Crippen molar-refractivity contribution in [1.29, 1.82) is 0 Å². The van der Waals surface area contributed by atoms with E-state index in [-0.39, 0.29) is 30.6 Å². The molecule has 1 aromatic heterocycles. The number of rotatable bonds is 5. The molecule has 0 N–H and O–H groups in total. The number of carbonyl (C=O) groups excluding carboxylic acids is 2. The average molecular weight is 338 g/mol. The Morgan fingerprint density at radius 3 is 2.62 bits per heavy atom. The summed E-state index contributed by atoms with van der Waals surface area (Å²) in [5, 5.41) is 3.69. The lowest BCUT2D eigenvalue weighted by Gasteiger charge is -2.41. The van der Waals surface area contributed by atoms with Gasteiger partial charge in [0, 0.05) is 40.1 Å². The van der Waals surface area contributed by atoms with Gasteiger partial charge < -0.3 is 23.8 Å². The number of hydrogen-bond acceptors (Lipinski definition) is 7.